The summed E-state index contributed by atoms with van der Waals surface area (Å²) in [6, 6.07) is 0. The van der Waals surface area contributed by atoms with Crippen LogP contribution in [0, 0.1) is 0 Å². The minimum atomic E-state index is 0. The van der Waals surface area contributed by atoms with Crippen molar-refractivity contribution in [2.45, 2.75) is 41.5 Å². The molecule has 0 bridgehead atoms. The molecule has 0 aromatic rings. The fourth-order valence-electron chi connectivity index (χ4n) is 1.35. The molecule has 0 aliphatic heterocycles. The molecular formula is C21H49N3. The molecule has 0 radical (unpaired) electrons. The van der Waals surface area contributed by atoms with Gasteiger partial charge in [0.1, 0.15) is 0 Å². The van der Waals surface area contributed by atoms with E-state index in [0.717, 1.165) is 26.2 Å². The van der Waals surface area contributed by atoms with Gasteiger partial charge in [0.2, 0.25) is 0 Å². The maximum Gasteiger partial charge on any atom is 0.0157 e. The Morgan fingerprint density at radius 2 is 1.12 bits per heavy atom. The number of hydrogen-bond acceptors (Lipinski definition) is 3. The highest BCUT2D eigenvalue weighted by atomic mass is 15.1. The summed E-state index contributed by atoms with van der Waals surface area (Å²) in [4.78, 5) is 6.52. The molecule has 0 heterocycles. The van der Waals surface area contributed by atoms with Gasteiger partial charge in [-0.25, -0.2) is 0 Å². The lowest BCUT2D eigenvalue weighted by Gasteiger charge is -2.12. The van der Waals surface area contributed by atoms with Crippen molar-refractivity contribution in [1.29, 1.82) is 0 Å². The Balaban J connectivity index is -0.0000000737. The molecule has 0 aromatic heterocycles. The molecule has 0 rings (SSSR count). The third-order valence-electron chi connectivity index (χ3n) is 2.81. The summed E-state index contributed by atoms with van der Waals surface area (Å²) in [6.07, 6.45) is 8.30. The number of rotatable bonds is 10. The van der Waals surface area contributed by atoms with Gasteiger partial charge in [0.15, 0.2) is 0 Å². The van der Waals surface area contributed by atoms with Crippen LogP contribution in [0.15, 0.2) is 38.0 Å². The van der Waals surface area contributed by atoms with Gasteiger partial charge < -0.3 is 14.7 Å². The van der Waals surface area contributed by atoms with E-state index in [1.54, 1.807) is 0 Å². The lowest BCUT2D eigenvalue weighted by atomic mass is 10.3. The van der Waals surface area contributed by atoms with Crippen molar-refractivity contribution in [2.75, 3.05) is 60.9 Å². The molecule has 0 saturated carbocycles. The minimum absolute atomic E-state index is 0. The van der Waals surface area contributed by atoms with E-state index in [1.165, 1.54) is 19.4 Å². The zero-order chi connectivity index (χ0) is 17.8. The highest BCUT2D eigenvalue weighted by molar-refractivity contribution is 4.70. The molecule has 24 heavy (non-hydrogen) atoms. The average molecular weight is 344 g/mol. The van der Waals surface area contributed by atoms with Gasteiger partial charge in [0.25, 0.3) is 0 Å². The first-order valence-electron chi connectivity index (χ1n) is 8.23. The standard InChI is InChI=1S/C8H17N.C6H13N.C5H11N.2CH4/c1-4-6-8-9(3)7-5-2;1-4-6-7(3)5-2;1-4-5-6(2)3;;/h5H,2,4,6-8H2,1,3H3;4H,1,5-6H2,2-3H3;4H,1,5H2,2-3H3;2*1H4. The zero-order valence-electron chi connectivity index (χ0n) is 16.1. The summed E-state index contributed by atoms with van der Waals surface area (Å²) in [5.74, 6) is 0. The molecule has 0 atom stereocenters. The number of unbranched alkanes of at least 4 members (excludes halogenated alkanes) is 1. The second-order valence-corrected chi connectivity index (χ2v) is 5.60. The van der Waals surface area contributed by atoms with E-state index in [-0.39, 0.29) is 14.9 Å². The summed E-state index contributed by atoms with van der Waals surface area (Å²) >= 11 is 0. The lowest BCUT2D eigenvalue weighted by molar-refractivity contribution is 0.362. The summed E-state index contributed by atoms with van der Waals surface area (Å²) in [6.45, 7) is 20.5. The molecular weight excluding hydrogens is 294 g/mol. The Kier molecular flexibility index (Phi) is 43.1. The Morgan fingerprint density at radius 1 is 0.708 bits per heavy atom. The molecule has 0 aliphatic rings. The molecule has 0 amide bonds. The molecule has 0 fully saturated rings. The van der Waals surface area contributed by atoms with Crippen molar-refractivity contribution < 1.29 is 0 Å². The summed E-state index contributed by atoms with van der Waals surface area (Å²) in [5.41, 5.74) is 0. The number of likely N-dealkylation sites (N-methyl/N-ethyl adjacent to an activating group) is 3. The first-order valence-corrected chi connectivity index (χ1v) is 8.23. The lowest BCUT2D eigenvalue weighted by Crippen LogP contribution is -2.18. The van der Waals surface area contributed by atoms with Crippen LogP contribution in [0.4, 0.5) is 0 Å². The number of hydrogen-bond donors (Lipinski definition) is 0. The van der Waals surface area contributed by atoms with Crippen LogP contribution in [0.2, 0.25) is 0 Å². The number of nitrogens with zero attached hydrogens (tertiary/aromatic N) is 3. The third kappa shape index (κ3) is 42.9. The molecule has 3 heteroatoms. The highest BCUT2D eigenvalue weighted by Gasteiger charge is 1.90. The van der Waals surface area contributed by atoms with Gasteiger partial charge >= 0.3 is 0 Å². The van der Waals surface area contributed by atoms with E-state index in [1.807, 2.05) is 32.3 Å². The second-order valence-electron chi connectivity index (χ2n) is 5.60. The van der Waals surface area contributed by atoms with Crippen molar-refractivity contribution >= 4 is 0 Å². The van der Waals surface area contributed by atoms with Crippen molar-refractivity contribution in [1.82, 2.24) is 14.7 Å². The molecule has 0 saturated heterocycles. The van der Waals surface area contributed by atoms with Gasteiger partial charge in [-0.15, -0.1) is 19.7 Å². The first kappa shape index (κ1) is 34.4. The van der Waals surface area contributed by atoms with Crippen LogP contribution < -0.4 is 0 Å². The Hall–Kier alpha value is -0.900. The van der Waals surface area contributed by atoms with Crippen LogP contribution in [0.5, 0.6) is 0 Å². The Bertz CT molecular complexity index is 237. The smallest absolute Gasteiger partial charge is 0.0157 e. The van der Waals surface area contributed by atoms with Crippen LogP contribution in [-0.2, 0) is 0 Å². The predicted octanol–water partition coefficient (Wildman–Crippen LogP) is 5.03. The summed E-state index contributed by atoms with van der Waals surface area (Å²) in [7, 11) is 8.22. The van der Waals surface area contributed by atoms with E-state index in [9.17, 15) is 0 Å². The topological polar surface area (TPSA) is 9.72 Å². The van der Waals surface area contributed by atoms with Gasteiger partial charge in [-0.3, -0.25) is 0 Å². The molecule has 0 aliphatic carbocycles. The van der Waals surface area contributed by atoms with E-state index in [0.29, 0.717) is 0 Å². The van der Waals surface area contributed by atoms with Crippen molar-refractivity contribution in [3.63, 3.8) is 0 Å². The maximum absolute atomic E-state index is 3.67. The Morgan fingerprint density at radius 3 is 1.33 bits per heavy atom. The normalized spacial score (nSPS) is 8.88. The van der Waals surface area contributed by atoms with Crippen molar-refractivity contribution in [3.8, 4) is 0 Å². The van der Waals surface area contributed by atoms with Crippen LogP contribution in [0.3, 0.4) is 0 Å². The first-order chi connectivity index (χ1) is 10.4. The molecule has 3 nitrogen and oxygen atoms in total. The fourth-order valence-corrected chi connectivity index (χ4v) is 1.35. The summed E-state index contributed by atoms with van der Waals surface area (Å²) < 4.78 is 0. The van der Waals surface area contributed by atoms with E-state index < -0.39 is 0 Å². The van der Waals surface area contributed by atoms with Crippen LogP contribution in [0.1, 0.15) is 41.5 Å². The van der Waals surface area contributed by atoms with Crippen LogP contribution in [-0.4, -0.2) is 75.6 Å². The van der Waals surface area contributed by atoms with Gasteiger partial charge in [-0.05, 0) is 47.7 Å². The molecule has 148 valence electrons. The molecule has 0 unspecified atom stereocenters. The fraction of sp³-hybridized carbons (Fsp3) is 0.714. The van der Waals surface area contributed by atoms with E-state index >= 15 is 0 Å². The highest BCUT2D eigenvalue weighted by Crippen LogP contribution is 1.90. The zero-order valence-corrected chi connectivity index (χ0v) is 16.1. The SMILES string of the molecule is C.C.C=CCN(C)C.C=CCN(C)CC.C=CCN(C)CCCC. The largest absolute Gasteiger partial charge is 0.306 e. The van der Waals surface area contributed by atoms with Gasteiger partial charge in [0.05, 0.1) is 0 Å². The molecule has 0 spiro atoms. The Labute approximate surface area is 155 Å². The summed E-state index contributed by atoms with van der Waals surface area (Å²) in [5, 5.41) is 0. The van der Waals surface area contributed by atoms with Crippen LogP contribution in [0.25, 0.3) is 0 Å². The molecule has 0 aromatic carbocycles. The van der Waals surface area contributed by atoms with Gasteiger partial charge in [0, 0.05) is 19.6 Å². The van der Waals surface area contributed by atoms with E-state index in [2.05, 4.69) is 62.4 Å². The van der Waals surface area contributed by atoms with Crippen molar-refractivity contribution in [2.24, 2.45) is 0 Å². The second kappa shape index (κ2) is 30.0. The quantitative estimate of drug-likeness (QED) is 0.515. The van der Waals surface area contributed by atoms with Crippen LogP contribution >= 0.6 is 0 Å². The minimum Gasteiger partial charge on any atom is -0.306 e. The predicted molar refractivity (Wildman–Crippen MR) is 118 cm³/mol. The average Bonchev–Trinajstić information content (AvgIpc) is 2.47. The van der Waals surface area contributed by atoms with Gasteiger partial charge in [-0.2, -0.15) is 0 Å². The van der Waals surface area contributed by atoms with Crippen molar-refractivity contribution in [3.05, 3.63) is 38.0 Å². The molecule has 0 N–H and O–H groups in total. The van der Waals surface area contributed by atoms with E-state index in [4.69, 9.17) is 0 Å². The van der Waals surface area contributed by atoms with Gasteiger partial charge in [-0.1, -0.05) is 53.3 Å². The monoisotopic (exact) mass is 343 g/mol. The third-order valence-corrected chi connectivity index (χ3v) is 2.81. The maximum atomic E-state index is 3.67.